The number of hydrogen-bond donors (Lipinski definition) is 1. The van der Waals surface area contributed by atoms with Crippen LogP contribution in [0.25, 0.3) is 0 Å². The molecule has 0 spiro atoms. The minimum Gasteiger partial charge on any atom is -1.00 e. The van der Waals surface area contributed by atoms with Crippen LogP contribution in [0.1, 0.15) is 106 Å². The second-order valence-corrected chi connectivity index (χ2v) is 6.43. The number of carboxylic acids is 1. The molecule has 0 saturated heterocycles. The number of carbonyl (C=O) groups is 2. The van der Waals surface area contributed by atoms with Gasteiger partial charge in [0.05, 0.1) is 19.1 Å². The molecule has 0 fully saturated rings. The zero-order chi connectivity index (χ0) is 17.9. The number of ether oxygens (including phenoxy) is 1. The Morgan fingerprint density at radius 2 is 1.27 bits per heavy atom. The molecular weight excluding hydrogens is 382 g/mol. The van der Waals surface area contributed by atoms with Crippen molar-refractivity contribution in [2.75, 3.05) is 0 Å². The van der Waals surface area contributed by atoms with Gasteiger partial charge in [-0.1, -0.05) is 77.6 Å². The van der Waals surface area contributed by atoms with E-state index in [0.717, 1.165) is 12.8 Å². The van der Waals surface area contributed by atoms with E-state index >= 15 is 0 Å². The van der Waals surface area contributed by atoms with E-state index < -0.39 is 11.9 Å². The Morgan fingerprint density at radius 1 is 0.808 bits per heavy atom. The van der Waals surface area contributed by atoms with Gasteiger partial charge in [0, 0.05) is 0 Å². The van der Waals surface area contributed by atoms with Crippen molar-refractivity contribution in [2.45, 2.75) is 103 Å². The third-order valence-corrected chi connectivity index (χ3v) is 4.06. The first kappa shape index (κ1) is 32.6. The molecule has 144 valence electrons. The maximum atomic E-state index is 11.1. The van der Waals surface area contributed by atoms with Gasteiger partial charge in [-0.15, -0.1) is 0 Å². The molecule has 4 nitrogen and oxygen atoms in total. The van der Waals surface area contributed by atoms with Crippen LogP contribution in [-0.4, -0.2) is 17.0 Å². The van der Waals surface area contributed by atoms with Gasteiger partial charge in [-0.05, 0) is 18.9 Å². The summed E-state index contributed by atoms with van der Waals surface area (Å²) in [6.45, 7) is 2.25. The summed E-state index contributed by atoms with van der Waals surface area (Å²) in [6, 6.07) is 0. The molecule has 0 aliphatic carbocycles. The maximum absolute atomic E-state index is 11.1. The topological polar surface area (TPSA) is 63.6 Å². The maximum Gasteiger partial charge on any atom is 1.00 e. The van der Waals surface area contributed by atoms with Crippen LogP contribution in [0.15, 0.2) is 12.3 Å². The van der Waals surface area contributed by atoms with Crippen molar-refractivity contribution in [1.82, 2.24) is 0 Å². The molecule has 0 atom stereocenters. The number of aliphatic carboxylic acids is 1. The summed E-state index contributed by atoms with van der Waals surface area (Å²) < 4.78 is 4.82. The van der Waals surface area contributed by atoms with E-state index in [-0.39, 0.29) is 118 Å². The van der Waals surface area contributed by atoms with Gasteiger partial charge >= 0.3 is 115 Å². The largest absolute Gasteiger partial charge is 1.00 e. The molecule has 0 unspecified atom stereocenters. The minimum absolute atomic E-state index is 0. The molecule has 26 heavy (non-hydrogen) atoms. The first-order valence-electron chi connectivity index (χ1n) is 9.73. The summed E-state index contributed by atoms with van der Waals surface area (Å²) in [5, 5.41) is 8.44. The summed E-state index contributed by atoms with van der Waals surface area (Å²) in [4.78, 5) is 21.4. The summed E-state index contributed by atoms with van der Waals surface area (Å²) >= 11 is 0. The Labute approximate surface area is 248 Å². The fraction of sp³-hybridized carbons (Fsp3) is 0.800. The van der Waals surface area contributed by atoms with Crippen molar-refractivity contribution < 1.29 is 125 Å². The number of hydrogen-bond acceptors (Lipinski definition) is 3. The predicted molar refractivity (Wildman–Crippen MR) is 100 cm³/mol. The predicted octanol–water partition coefficient (Wildman–Crippen LogP) is 0.232. The Balaban J connectivity index is -0.000000441. The van der Waals surface area contributed by atoms with Crippen LogP contribution in [0, 0.1) is 0 Å². The van der Waals surface area contributed by atoms with Gasteiger partial charge in [0.25, 0.3) is 0 Å². The number of esters is 1. The number of carbonyl (C=O) groups excluding carboxylic acids is 1. The fourth-order valence-corrected chi connectivity index (χ4v) is 2.56. The molecule has 0 saturated carbocycles. The van der Waals surface area contributed by atoms with E-state index in [0.29, 0.717) is 0 Å². The van der Waals surface area contributed by atoms with Crippen molar-refractivity contribution in [2.24, 2.45) is 0 Å². The second-order valence-electron chi connectivity index (χ2n) is 6.43. The van der Waals surface area contributed by atoms with Crippen molar-refractivity contribution >= 4 is 11.9 Å². The average molecular weight is 421 g/mol. The first-order chi connectivity index (χ1) is 11.7. The van der Waals surface area contributed by atoms with Crippen molar-refractivity contribution in [3.05, 3.63) is 12.3 Å². The Kier molecular flexibility index (Phi) is 33.8. The van der Waals surface area contributed by atoms with Gasteiger partial charge < -0.3 is 12.7 Å². The third kappa shape index (κ3) is 28.2. The number of rotatable bonds is 17. The molecule has 0 radical (unpaired) electrons. The molecule has 0 heterocycles. The Morgan fingerprint density at radius 3 is 1.73 bits per heavy atom. The summed E-state index contributed by atoms with van der Waals surface area (Å²) in [5.74, 6) is -1.46. The van der Waals surface area contributed by atoms with Crippen molar-refractivity contribution in [1.29, 1.82) is 0 Å². The smallest absolute Gasteiger partial charge is 1.00 e. The van der Waals surface area contributed by atoms with Crippen molar-refractivity contribution in [3.8, 4) is 0 Å². The molecule has 0 aliphatic rings. The van der Waals surface area contributed by atoms with Crippen LogP contribution < -0.4 is 103 Å². The zero-order valence-corrected chi connectivity index (χ0v) is 23.7. The summed E-state index contributed by atoms with van der Waals surface area (Å²) in [6.07, 6.45) is 19.8. The average Bonchev–Trinajstić information content (AvgIpc) is 2.56. The van der Waals surface area contributed by atoms with Crippen LogP contribution in [-0.2, 0) is 14.3 Å². The summed E-state index contributed by atoms with van der Waals surface area (Å²) in [5.41, 5.74) is 0. The summed E-state index contributed by atoms with van der Waals surface area (Å²) in [7, 11) is 0. The van der Waals surface area contributed by atoms with Crippen LogP contribution in [0.5, 0.6) is 0 Å². The van der Waals surface area contributed by atoms with Crippen LogP contribution >= 0.6 is 0 Å². The molecule has 1 N–H and O–H groups in total. The third-order valence-electron chi connectivity index (χ3n) is 4.06. The SMILES string of the molecule is CCCCCCCCCCCCCCC=COC(=O)CCC(=O)O.[H-].[H-].[K+].[K+]. The van der Waals surface area contributed by atoms with Crippen LogP contribution in [0.3, 0.4) is 0 Å². The Hall–Kier alpha value is 1.95. The van der Waals surface area contributed by atoms with Gasteiger partial charge in [-0.25, -0.2) is 0 Å². The van der Waals surface area contributed by atoms with E-state index in [2.05, 4.69) is 6.92 Å². The van der Waals surface area contributed by atoms with Gasteiger partial charge in [-0.3, -0.25) is 9.59 Å². The molecular formula is C20H38K2O4. The quantitative estimate of drug-likeness (QED) is 0.158. The fourth-order valence-electron chi connectivity index (χ4n) is 2.56. The normalized spacial score (nSPS) is 10.2. The molecule has 0 aliphatic heterocycles. The number of allylic oxidation sites excluding steroid dienone is 1. The molecule has 0 aromatic heterocycles. The van der Waals surface area contributed by atoms with E-state index in [4.69, 9.17) is 9.84 Å². The zero-order valence-electron chi connectivity index (χ0n) is 19.4. The molecule has 6 heteroatoms. The molecule has 0 amide bonds. The standard InChI is InChI=1S/C20H36O4.2K.2H/c1-2-3-4-5-6-7-8-9-10-11-12-13-14-15-18-24-20(23)17-16-19(21)22;;;;/h15,18H,2-14,16-17H2,1H3,(H,21,22);;;;/q;2*+1;2*-1. The molecule has 0 aromatic carbocycles. The van der Waals surface area contributed by atoms with Gasteiger partial charge in [0.1, 0.15) is 0 Å². The van der Waals surface area contributed by atoms with Crippen LogP contribution in [0.4, 0.5) is 0 Å². The number of unbranched alkanes of at least 4 members (excludes halogenated alkanes) is 12. The first-order valence-corrected chi connectivity index (χ1v) is 9.73. The molecule has 0 rings (SSSR count). The molecule has 0 bridgehead atoms. The van der Waals surface area contributed by atoms with Gasteiger partial charge in [0.2, 0.25) is 0 Å². The monoisotopic (exact) mass is 420 g/mol. The minimum atomic E-state index is -0.979. The molecule has 0 aromatic rings. The van der Waals surface area contributed by atoms with Crippen LogP contribution in [0.2, 0.25) is 0 Å². The van der Waals surface area contributed by atoms with Gasteiger partial charge in [-0.2, -0.15) is 0 Å². The van der Waals surface area contributed by atoms with Crippen molar-refractivity contribution in [3.63, 3.8) is 0 Å². The van der Waals surface area contributed by atoms with E-state index in [1.165, 1.54) is 76.9 Å². The second kappa shape index (κ2) is 27.0. The Bertz CT molecular complexity index is 357. The van der Waals surface area contributed by atoms with Gasteiger partial charge in [0.15, 0.2) is 0 Å². The van der Waals surface area contributed by atoms with E-state index in [9.17, 15) is 9.59 Å². The number of carboxylic acid groups (broad SMARTS) is 1. The van der Waals surface area contributed by atoms with E-state index in [1.54, 1.807) is 0 Å². The van der Waals surface area contributed by atoms with E-state index in [1.807, 2.05) is 6.08 Å².